The van der Waals surface area contributed by atoms with E-state index in [2.05, 4.69) is 25.0 Å². The largest absolute Gasteiger partial charge is 0.435 e. The highest BCUT2D eigenvalue weighted by Crippen LogP contribution is 2.47. The lowest BCUT2D eigenvalue weighted by Crippen LogP contribution is -2.05. The summed E-state index contributed by atoms with van der Waals surface area (Å²) < 4.78 is 22.5. The van der Waals surface area contributed by atoms with Gasteiger partial charge in [-0.3, -0.25) is 14.1 Å². The molecule has 0 spiro atoms. The highest BCUT2D eigenvalue weighted by atomic mass is 31.2. The zero-order valence-corrected chi connectivity index (χ0v) is 16.6. The first-order valence-electron chi connectivity index (χ1n) is 8.85. The van der Waals surface area contributed by atoms with Crippen LogP contribution < -0.4 is 10.8 Å². The van der Waals surface area contributed by atoms with Crippen molar-refractivity contribution in [1.82, 2.24) is 19.9 Å². The van der Waals surface area contributed by atoms with Crippen LogP contribution in [0.25, 0.3) is 22.1 Å². The predicted octanol–water partition coefficient (Wildman–Crippen LogP) is 4.30. The van der Waals surface area contributed by atoms with Gasteiger partial charge in [0, 0.05) is 0 Å². The second kappa shape index (κ2) is 8.88. The molecule has 0 amide bonds. The van der Waals surface area contributed by atoms with Crippen LogP contribution >= 0.6 is 7.75 Å². The van der Waals surface area contributed by atoms with Crippen molar-refractivity contribution in [3.8, 4) is 0 Å². The summed E-state index contributed by atoms with van der Waals surface area (Å²) in [7, 11) is -3.34. The molecule has 5 N–H and O–H groups in total. The summed E-state index contributed by atoms with van der Waals surface area (Å²) in [6.45, 7) is 4.10. The highest BCUT2D eigenvalue weighted by molar-refractivity contribution is 7.55. The highest BCUT2D eigenvalue weighted by Gasteiger charge is 2.25. The first kappa shape index (κ1) is 19.9. The van der Waals surface area contributed by atoms with Crippen molar-refractivity contribution in [2.24, 2.45) is 0 Å². The number of nitrogen functional groups attached to an aromatic ring is 1. The molecular weight excluding hydrogens is 379 g/mol. The van der Waals surface area contributed by atoms with Gasteiger partial charge in [0.15, 0.2) is 5.95 Å². The molecule has 4 aromatic rings. The number of benzene rings is 2. The molecule has 0 saturated carbocycles. The van der Waals surface area contributed by atoms with Gasteiger partial charge in [0.1, 0.15) is 0 Å². The average Bonchev–Trinajstić information content (AvgIpc) is 3.23. The quantitative estimate of drug-likeness (QED) is 0.354. The molecule has 0 aliphatic rings. The molecule has 2 aromatic heterocycles. The molecule has 28 heavy (non-hydrogen) atoms. The smallest absolute Gasteiger partial charge is 0.369 e. The number of imidazole rings is 2. The minimum atomic E-state index is -3.34. The van der Waals surface area contributed by atoms with Crippen LogP contribution in [-0.2, 0) is 13.6 Å². The summed E-state index contributed by atoms with van der Waals surface area (Å²) >= 11 is 0. The van der Waals surface area contributed by atoms with Crippen molar-refractivity contribution in [3.05, 3.63) is 48.5 Å². The van der Waals surface area contributed by atoms with E-state index in [-0.39, 0.29) is 0 Å². The van der Waals surface area contributed by atoms with Crippen LogP contribution in [0.4, 0.5) is 11.9 Å². The van der Waals surface area contributed by atoms with Crippen molar-refractivity contribution >= 4 is 41.7 Å². The van der Waals surface area contributed by atoms with Crippen molar-refractivity contribution in [3.63, 3.8) is 0 Å². The van der Waals surface area contributed by atoms with Gasteiger partial charge in [0.05, 0.1) is 35.3 Å². The fraction of sp³-hybridized carbons (Fsp3) is 0.222. The topological polar surface area (TPSA) is 131 Å². The standard InChI is InChI=1S/C11H16N3O3P.C7H7N3/c1-3-16-18(15,17-4-2)14-11-12-9-7-5-6-8-10(9)13-11;8-7-9-5-3-1-2-4-6(5)10-7/h5-8H,3-4H2,1-2H3,(H2,12,13,14,15);1-4H,(H3,8,9,10). The van der Waals surface area contributed by atoms with Gasteiger partial charge in [0.2, 0.25) is 5.95 Å². The van der Waals surface area contributed by atoms with Crippen molar-refractivity contribution < 1.29 is 13.6 Å². The molecule has 148 valence electrons. The van der Waals surface area contributed by atoms with Crippen LogP contribution in [0.3, 0.4) is 0 Å². The van der Waals surface area contributed by atoms with E-state index in [9.17, 15) is 4.57 Å². The van der Waals surface area contributed by atoms with Gasteiger partial charge in [-0.15, -0.1) is 0 Å². The number of H-pyrrole nitrogens is 2. The maximum Gasteiger partial charge on any atom is 0.435 e. The van der Waals surface area contributed by atoms with Gasteiger partial charge < -0.3 is 15.7 Å². The maximum atomic E-state index is 12.2. The molecule has 10 heteroatoms. The molecule has 0 radical (unpaired) electrons. The van der Waals surface area contributed by atoms with Gasteiger partial charge in [-0.25, -0.2) is 14.5 Å². The molecule has 0 aliphatic carbocycles. The van der Waals surface area contributed by atoms with Crippen LogP contribution in [0.5, 0.6) is 0 Å². The predicted molar refractivity (Wildman–Crippen MR) is 111 cm³/mol. The van der Waals surface area contributed by atoms with Gasteiger partial charge in [0.25, 0.3) is 0 Å². The third kappa shape index (κ3) is 4.89. The normalized spacial score (nSPS) is 11.4. The van der Waals surface area contributed by atoms with E-state index in [4.69, 9.17) is 14.8 Å². The molecule has 2 heterocycles. The molecule has 0 bridgehead atoms. The lowest BCUT2D eigenvalue weighted by molar-refractivity contribution is 0.225. The Morgan fingerprint density at radius 2 is 1.46 bits per heavy atom. The van der Waals surface area contributed by atoms with Crippen LogP contribution in [0.1, 0.15) is 13.8 Å². The Morgan fingerprint density at radius 3 is 2.00 bits per heavy atom. The number of hydrogen-bond donors (Lipinski definition) is 4. The number of nitrogens with zero attached hydrogens (tertiary/aromatic N) is 2. The molecule has 0 atom stereocenters. The number of nitrogens with one attached hydrogen (secondary N) is 3. The second-order valence-electron chi connectivity index (χ2n) is 5.69. The number of hydrogen-bond acceptors (Lipinski definition) is 6. The second-order valence-corrected chi connectivity index (χ2v) is 7.42. The molecule has 0 saturated heterocycles. The zero-order chi connectivity index (χ0) is 20.0. The summed E-state index contributed by atoms with van der Waals surface area (Å²) in [4.78, 5) is 14.2. The van der Waals surface area contributed by atoms with Crippen LogP contribution in [0, 0.1) is 0 Å². The monoisotopic (exact) mass is 402 g/mol. The number of rotatable bonds is 6. The summed E-state index contributed by atoms with van der Waals surface area (Å²) in [5.74, 6) is 0.850. The van der Waals surface area contributed by atoms with E-state index in [0.717, 1.165) is 22.1 Å². The summed E-state index contributed by atoms with van der Waals surface area (Å²) in [6, 6.07) is 15.3. The number of fused-ring (bicyclic) bond motifs is 2. The van der Waals surface area contributed by atoms with E-state index in [1.807, 2.05) is 48.5 Å². The van der Waals surface area contributed by atoms with Crippen LogP contribution in [-0.4, -0.2) is 33.1 Å². The molecule has 0 fully saturated rings. The average molecular weight is 402 g/mol. The van der Waals surface area contributed by atoms with Crippen LogP contribution in [0.15, 0.2) is 48.5 Å². The van der Waals surface area contributed by atoms with E-state index in [1.54, 1.807) is 13.8 Å². The zero-order valence-electron chi connectivity index (χ0n) is 15.7. The first-order valence-corrected chi connectivity index (χ1v) is 10.4. The fourth-order valence-corrected chi connectivity index (χ4v) is 3.80. The van der Waals surface area contributed by atoms with E-state index < -0.39 is 7.75 Å². The molecular formula is C18H23N6O3P. The Hall–Kier alpha value is -2.87. The molecule has 4 rings (SSSR count). The Labute approximate surface area is 162 Å². The van der Waals surface area contributed by atoms with Gasteiger partial charge >= 0.3 is 7.75 Å². The Morgan fingerprint density at radius 1 is 0.929 bits per heavy atom. The lowest BCUT2D eigenvalue weighted by atomic mass is 10.3. The summed E-state index contributed by atoms with van der Waals surface area (Å²) in [5, 5.41) is 2.69. The SMILES string of the molecule is CCOP(=O)(Nc1nc2ccccc2[nH]1)OCC.Nc1nc2ccccc2[nH]1. The Balaban J connectivity index is 0.000000188. The number of aromatic nitrogens is 4. The van der Waals surface area contributed by atoms with Gasteiger partial charge in [-0.05, 0) is 38.1 Å². The lowest BCUT2D eigenvalue weighted by Gasteiger charge is -2.16. The van der Waals surface area contributed by atoms with Crippen LogP contribution in [0.2, 0.25) is 0 Å². The Kier molecular flexibility index (Phi) is 6.30. The summed E-state index contributed by atoms with van der Waals surface area (Å²) in [6.07, 6.45) is 0. The van der Waals surface area contributed by atoms with Crippen molar-refractivity contribution in [1.29, 1.82) is 0 Å². The maximum absolute atomic E-state index is 12.2. The van der Waals surface area contributed by atoms with E-state index >= 15 is 0 Å². The minimum absolute atomic E-state index is 0.296. The molecule has 0 aliphatic heterocycles. The Bertz CT molecular complexity index is 1020. The van der Waals surface area contributed by atoms with Gasteiger partial charge in [-0.1, -0.05) is 24.3 Å². The number of anilines is 2. The minimum Gasteiger partial charge on any atom is -0.369 e. The summed E-state index contributed by atoms with van der Waals surface area (Å²) in [5.41, 5.74) is 8.98. The number of para-hydroxylation sites is 4. The molecule has 0 unspecified atom stereocenters. The van der Waals surface area contributed by atoms with E-state index in [0.29, 0.717) is 25.1 Å². The number of aromatic amines is 2. The van der Waals surface area contributed by atoms with Gasteiger partial charge in [-0.2, -0.15) is 0 Å². The van der Waals surface area contributed by atoms with Crippen molar-refractivity contribution in [2.75, 3.05) is 24.0 Å². The molecule has 2 aromatic carbocycles. The third-order valence-electron chi connectivity index (χ3n) is 3.64. The van der Waals surface area contributed by atoms with Crippen molar-refractivity contribution in [2.45, 2.75) is 13.8 Å². The first-order chi connectivity index (χ1) is 13.5. The number of nitrogens with two attached hydrogens (primary N) is 1. The molecule has 9 nitrogen and oxygen atoms in total. The fourth-order valence-electron chi connectivity index (χ4n) is 2.55. The third-order valence-corrected chi connectivity index (χ3v) is 5.32. The van der Waals surface area contributed by atoms with E-state index in [1.165, 1.54) is 0 Å².